The van der Waals surface area contributed by atoms with Crippen molar-refractivity contribution in [2.45, 2.75) is 0 Å². The van der Waals surface area contributed by atoms with Crippen molar-refractivity contribution in [3.8, 4) is 23.5 Å². The first-order chi connectivity index (χ1) is 29.7. The van der Waals surface area contributed by atoms with Crippen LogP contribution in [0, 0.1) is 22.7 Å². The standard InChI is InChI=1S/C54H31N5S/c55-32-35-28-50(36(33-56)27-49(35)58-46-21-11-9-20-42(46)54-40-18-8-7-13-34(40)23-25-48(54)58)59-47-26-24-39(57(37-14-3-1-4-15-37)38-16-5-2-6-17-38)29-43(47)44-30-45-41-19-10-12-22-52(41)60-53(45)31-51(44)59/h1-31H. The lowest BCUT2D eigenvalue weighted by Crippen LogP contribution is -2.09. The Morgan fingerprint density at radius 2 is 0.950 bits per heavy atom. The van der Waals surface area contributed by atoms with Gasteiger partial charge in [-0.3, -0.25) is 0 Å². The number of nitrogens with zero attached hydrogens (tertiary/aromatic N) is 5. The van der Waals surface area contributed by atoms with Gasteiger partial charge in [-0.05, 0) is 95.7 Å². The van der Waals surface area contributed by atoms with Crippen LogP contribution in [0.4, 0.5) is 17.1 Å². The Morgan fingerprint density at radius 3 is 1.67 bits per heavy atom. The van der Waals surface area contributed by atoms with E-state index in [4.69, 9.17) is 0 Å². The van der Waals surface area contributed by atoms with Gasteiger partial charge in [-0.25, -0.2) is 0 Å². The zero-order valence-electron chi connectivity index (χ0n) is 32.0. The van der Waals surface area contributed by atoms with Gasteiger partial charge >= 0.3 is 0 Å². The van der Waals surface area contributed by atoms with Crippen molar-refractivity contribution < 1.29 is 0 Å². The molecule has 0 atom stereocenters. The van der Waals surface area contributed by atoms with E-state index in [1.165, 1.54) is 15.5 Å². The van der Waals surface area contributed by atoms with Crippen LogP contribution in [0.25, 0.3) is 85.9 Å². The summed E-state index contributed by atoms with van der Waals surface area (Å²) in [6.07, 6.45) is 0. The van der Waals surface area contributed by atoms with E-state index >= 15 is 0 Å². The zero-order valence-corrected chi connectivity index (χ0v) is 32.9. The van der Waals surface area contributed by atoms with Gasteiger partial charge in [0.25, 0.3) is 0 Å². The number of hydrogen-bond donors (Lipinski definition) is 0. The van der Waals surface area contributed by atoms with Crippen LogP contribution in [0.5, 0.6) is 0 Å². The Labute approximate surface area is 348 Å². The number of anilines is 3. The van der Waals surface area contributed by atoms with E-state index in [1.54, 1.807) is 11.3 Å². The number of benzene rings is 9. The Bertz CT molecular complexity index is 3760. The summed E-state index contributed by atoms with van der Waals surface area (Å²) in [7, 11) is 0. The summed E-state index contributed by atoms with van der Waals surface area (Å²) in [6, 6.07) is 70.5. The fraction of sp³-hybridized carbons (Fsp3) is 0. The van der Waals surface area contributed by atoms with Gasteiger partial charge in [0.1, 0.15) is 12.1 Å². The van der Waals surface area contributed by atoms with Crippen molar-refractivity contribution in [3.05, 3.63) is 199 Å². The first-order valence-corrected chi connectivity index (χ1v) is 20.7. The zero-order chi connectivity index (χ0) is 39.9. The molecule has 0 amide bonds. The van der Waals surface area contributed by atoms with Gasteiger partial charge in [-0.2, -0.15) is 10.5 Å². The smallest absolute Gasteiger partial charge is 0.101 e. The van der Waals surface area contributed by atoms with Crippen LogP contribution in [0.15, 0.2) is 188 Å². The van der Waals surface area contributed by atoms with Gasteiger partial charge in [0.05, 0.1) is 44.6 Å². The lowest BCUT2D eigenvalue weighted by molar-refractivity contribution is 1.12. The molecular weight excluding hydrogens is 751 g/mol. The maximum absolute atomic E-state index is 11.1. The molecule has 0 aliphatic heterocycles. The second-order valence-corrected chi connectivity index (χ2v) is 16.2. The van der Waals surface area contributed by atoms with Crippen molar-refractivity contribution >= 4 is 103 Å². The highest BCUT2D eigenvalue weighted by atomic mass is 32.1. The SMILES string of the molecule is N#Cc1cc(-n2c3ccccc3c3c4ccccc4ccc32)c(C#N)cc1-n1c2ccc(N(c3ccccc3)c3ccccc3)cc2c2cc3c(cc21)sc1ccccc13. The fourth-order valence-electron chi connectivity index (χ4n) is 9.35. The van der Waals surface area contributed by atoms with E-state index in [1.807, 2.05) is 30.3 Å². The largest absolute Gasteiger partial charge is 0.310 e. The van der Waals surface area contributed by atoms with Crippen LogP contribution < -0.4 is 4.90 Å². The second kappa shape index (κ2) is 13.2. The molecular formula is C54H31N5S. The summed E-state index contributed by atoms with van der Waals surface area (Å²) in [6.45, 7) is 0. The Kier molecular flexibility index (Phi) is 7.46. The van der Waals surface area contributed by atoms with Crippen molar-refractivity contribution in [1.82, 2.24) is 9.13 Å². The van der Waals surface area contributed by atoms with E-state index in [9.17, 15) is 10.5 Å². The molecule has 0 unspecified atom stereocenters. The summed E-state index contributed by atoms with van der Waals surface area (Å²) < 4.78 is 6.73. The molecule has 6 heteroatoms. The summed E-state index contributed by atoms with van der Waals surface area (Å²) in [5.41, 5.74) is 9.32. The third-order valence-corrected chi connectivity index (χ3v) is 13.1. The number of nitriles is 2. The molecule has 0 saturated heterocycles. The van der Waals surface area contributed by atoms with Crippen molar-refractivity contribution in [1.29, 1.82) is 10.5 Å². The lowest BCUT2D eigenvalue weighted by Gasteiger charge is -2.25. The monoisotopic (exact) mass is 781 g/mol. The van der Waals surface area contributed by atoms with Crippen LogP contribution in [-0.2, 0) is 0 Å². The molecule has 12 aromatic rings. The molecule has 0 N–H and O–H groups in total. The fourth-order valence-corrected chi connectivity index (χ4v) is 10.5. The molecule has 60 heavy (non-hydrogen) atoms. The van der Waals surface area contributed by atoms with Crippen molar-refractivity contribution in [2.75, 3.05) is 4.90 Å². The molecule has 5 nitrogen and oxygen atoms in total. The minimum absolute atomic E-state index is 0.477. The molecule has 0 fully saturated rings. The number of thiophene rings is 1. The van der Waals surface area contributed by atoms with Crippen LogP contribution in [0.3, 0.4) is 0 Å². The molecule has 3 heterocycles. The number of rotatable bonds is 5. The van der Waals surface area contributed by atoms with Gasteiger partial charge in [0.2, 0.25) is 0 Å². The molecule has 12 rings (SSSR count). The average molecular weight is 782 g/mol. The summed E-state index contributed by atoms with van der Waals surface area (Å²) >= 11 is 1.77. The Morgan fingerprint density at radius 1 is 0.383 bits per heavy atom. The van der Waals surface area contributed by atoms with Crippen LogP contribution in [-0.4, -0.2) is 9.13 Å². The number of fused-ring (bicyclic) bond motifs is 11. The normalized spacial score (nSPS) is 11.6. The number of aromatic nitrogens is 2. The topological polar surface area (TPSA) is 60.7 Å². The summed E-state index contributed by atoms with van der Waals surface area (Å²) in [5.74, 6) is 0. The van der Waals surface area contributed by atoms with E-state index in [0.29, 0.717) is 22.5 Å². The van der Waals surface area contributed by atoms with Gasteiger partial charge in [-0.1, -0.05) is 103 Å². The first-order valence-electron chi connectivity index (χ1n) is 19.9. The molecule has 278 valence electrons. The lowest BCUT2D eigenvalue weighted by atomic mass is 10.0. The third-order valence-electron chi connectivity index (χ3n) is 11.9. The number of hydrogen-bond acceptors (Lipinski definition) is 4. The minimum Gasteiger partial charge on any atom is -0.310 e. The predicted octanol–water partition coefficient (Wildman–Crippen LogP) is 14.6. The quantitative estimate of drug-likeness (QED) is 0.175. The highest BCUT2D eigenvalue weighted by Gasteiger charge is 2.23. The van der Waals surface area contributed by atoms with Gasteiger partial charge < -0.3 is 14.0 Å². The Balaban J connectivity index is 1.15. The molecule has 3 aromatic heterocycles. The third kappa shape index (κ3) is 4.96. The van der Waals surface area contributed by atoms with E-state index < -0.39 is 0 Å². The van der Waals surface area contributed by atoms with Crippen LogP contribution in [0.1, 0.15) is 11.1 Å². The Hall–Kier alpha value is -8.16. The molecule has 9 aromatic carbocycles. The average Bonchev–Trinajstić information content (AvgIpc) is 3.95. The molecule has 0 aliphatic carbocycles. The highest BCUT2D eigenvalue weighted by Crippen LogP contribution is 2.45. The van der Waals surface area contributed by atoms with E-state index in [2.05, 4.69) is 184 Å². The molecule has 0 spiro atoms. The molecule has 0 aliphatic rings. The molecule has 0 radical (unpaired) electrons. The second-order valence-electron chi connectivity index (χ2n) is 15.2. The van der Waals surface area contributed by atoms with Crippen molar-refractivity contribution in [2.24, 2.45) is 0 Å². The summed E-state index contributed by atoms with van der Waals surface area (Å²) in [4.78, 5) is 2.28. The maximum Gasteiger partial charge on any atom is 0.101 e. The van der Waals surface area contributed by atoms with Crippen LogP contribution >= 0.6 is 11.3 Å². The predicted molar refractivity (Wildman–Crippen MR) is 250 cm³/mol. The van der Waals surface area contributed by atoms with Gasteiger partial charge in [0.15, 0.2) is 0 Å². The van der Waals surface area contributed by atoms with Crippen molar-refractivity contribution in [3.63, 3.8) is 0 Å². The van der Waals surface area contributed by atoms with E-state index in [-0.39, 0.29) is 0 Å². The highest BCUT2D eigenvalue weighted by molar-refractivity contribution is 7.25. The maximum atomic E-state index is 11.1. The molecule has 0 bridgehead atoms. The minimum atomic E-state index is 0.477. The summed E-state index contributed by atoms with van der Waals surface area (Å²) in [5, 5.41) is 31.2. The number of para-hydroxylation sites is 3. The van der Waals surface area contributed by atoms with Crippen LogP contribution in [0.2, 0.25) is 0 Å². The van der Waals surface area contributed by atoms with E-state index in [0.717, 1.165) is 76.1 Å². The first kappa shape index (κ1) is 33.9. The van der Waals surface area contributed by atoms with Gasteiger partial charge in [-0.15, -0.1) is 11.3 Å². The molecule has 0 saturated carbocycles. The van der Waals surface area contributed by atoms with Gasteiger partial charge in [0, 0.05) is 58.8 Å².